The van der Waals surface area contributed by atoms with Crippen molar-refractivity contribution in [2.45, 2.75) is 6.92 Å². The average Bonchev–Trinajstić information content (AvgIpc) is 2.42. The minimum atomic E-state index is -0.469. The molecule has 5 heteroatoms. The summed E-state index contributed by atoms with van der Waals surface area (Å²) in [5.74, 6) is -0.592. The predicted octanol–water partition coefficient (Wildman–Crippen LogP) is 2.65. The lowest BCUT2D eigenvalue weighted by molar-refractivity contribution is 0.102. The monoisotopic (exact) mass is 255 g/mol. The van der Waals surface area contributed by atoms with E-state index in [-0.39, 0.29) is 5.56 Å². The Morgan fingerprint density at radius 2 is 2.16 bits per heavy atom. The normalized spacial score (nSPS) is 9.74. The SMILES string of the molecule is Cc1ccc(F)cc1C(=O)Nc1ccc(C#N)cn1. The summed E-state index contributed by atoms with van der Waals surface area (Å²) in [6.07, 6.45) is 1.36. The van der Waals surface area contributed by atoms with Gasteiger partial charge in [0.2, 0.25) is 0 Å². The number of hydrogen-bond donors (Lipinski definition) is 1. The summed E-state index contributed by atoms with van der Waals surface area (Å²) in [5.41, 5.74) is 1.33. The topological polar surface area (TPSA) is 65.8 Å². The number of amides is 1. The van der Waals surface area contributed by atoms with E-state index in [4.69, 9.17) is 5.26 Å². The summed E-state index contributed by atoms with van der Waals surface area (Å²) in [5, 5.41) is 11.2. The number of nitrogens with zero attached hydrogens (tertiary/aromatic N) is 2. The first kappa shape index (κ1) is 12.7. The predicted molar refractivity (Wildman–Crippen MR) is 68.0 cm³/mol. The van der Waals surface area contributed by atoms with Crippen LogP contribution in [0.2, 0.25) is 0 Å². The molecule has 0 radical (unpaired) electrons. The molecule has 1 heterocycles. The molecular formula is C14H10FN3O. The molecule has 2 aromatic rings. The molecule has 0 aliphatic rings. The molecule has 0 unspecified atom stereocenters. The van der Waals surface area contributed by atoms with Gasteiger partial charge in [0.1, 0.15) is 17.7 Å². The standard InChI is InChI=1S/C14H10FN3O/c1-9-2-4-11(15)6-12(9)14(19)18-13-5-3-10(7-16)8-17-13/h2-6,8H,1H3,(H,17,18,19). The molecule has 2 rings (SSSR count). The van der Waals surface area contributed by atoms with Gasteiger partial charge in [-0.25, -0.2) is 9.37 Å². The average molecular weight is 255 g/mol. The lowest BCUT2D eigenvalue weighted by Gasteiger charge is -2.07. The second kappa shape index (κ2) is 5.27. The third-order valence-corrected chi connectivity index (χ3v) is 2.58. The third-order valence-electron chi connectivity index (χ3n) is 2.58. The third kappa shape index (κ3) is 2.93. The van der Waals surface area contributed by atoms with Crippen molar-refractivity contribution in [2.75, 3.05) is 5.32 Å². The molecule has 0 bridgehead atoms. The zero-order valence-electron chi connectivity index (χ0n) is 10.1. The second-order valence-corrected chi connectivity index (χ2v) is 3.96. The highest BCUT2D eigenvalue weighted by molar-refractivity contribution is 6.04. The van der Waals surface area contributed by atoms with Gasteiger partial charge >= 0.3 is 0 Å². The summed E-state index contributed by atoms with van der Waals surface area (Å²) in [7, 11) is 0. The van der Waals surface area contributed by atoms with Crippen LogP contribution >= 0.6 is 0 Å². The molecule has 0 saturated carbocycles. The first-order valence-electron chi connectivity index (χ1n) is 5.54. The number of nitriles is 1. The lowest BCUT2D eigenvalue weighted by Crippen LogP contribution is -2.14. The Morgan fingerprint density at radius 3 is 2.79 bits per heavy atom. The van der Waals surface area contributed by atoms with Crippen LogP contribution in [0.1, 0.15) is 21.5 Å². The zero-order valence-corrected chi connectivity index (χ0v) is 10.1. The molecule has 1 amide bonds. The summed E-state index contributed by atoms with van der Waals surface area (Å²) in [6.45, 7) is 1.72. The molecule has 0 fully saturated rings. The highest BCUT2D eigenvalue weighted by Crippen LogP contribution is 2.13. The van der Waals surface area contributed by atoms with Gasteiger partial charge in [0.05, 0.1) is 5.56 Å². The Morgan fingerprint density at radius 1 is 1.37 bits per heavy atom. The van der Waals surface area contributed by atoms with Crippen molar-refractivity contribution in [2.24, 2.45) is 0 Å². The number of aryl methyl sites for hydroxylation is 1. The van der Waals surface area contributed by atoms with Crippen molar-refractivity contribution in [3.8, 4) is 6.07 Å². The van der Waals surface area contributed by atoms with Crippen LogP contribution in [0.3, 0.4) is 0 Å². The van der Waals surface area contributed by atoms with Crippen LogP contribution in [0, 0.1) is 24.1 Å². The molecule has 94 valence electrons. The second-order valence-electron chi connectivity index (χ2n) is 3.96. The van der Waals surface area contributed by atoms with Crippen molar-refractivity contribution >= 4 is 11.7 Å². The fourth-order valence-electron chi connectivity index (χ4n) is 1.56. The van der Waals surface area contributed by atoms with Gasteiger partial charge in [0.25, 0.3) is 5.91 Å². The number of halogens is 1. The maximum Gasteiger partial charge on any atom is 0.257 e. The van der Waals surface area contributed by atoms with E-state index in [0.29, 0.717) is 16.9 Å². The molecule has 19 heavy (non-hydrogen) atoms. The fourth-order valence-corrected chi connectivity index (χ4v) is 1.56. The van der Waals surface area contributed by atoms with Gasteiger partial charge in [-0.05, 0) is 36.8 Å². The van der Waals surface area contributed by atoms with Crippen molar-refractivity contribution in [3.63, 3.8) is 0 Å². The van der Waals surface area contributed by atoms with Crippen LogP contribution in [-0.2, 0) is 0 Å². The van der Waals surface area contributed by atoms with E-state index in [1.54, 1.807) is 13.0 Å². The highest BCUT2D eigenvalue weighted by atomic mass is 19.1. The van der Waals surface area contributed by atoms with Gasteiger partial charge < -0.3 is 5.32 Å². The lowest BCUT2D eigenvalue weighted by atomic mass is 10.1. The Kier molecular flexibility index (Phi) is 3.53. The molecular weight excluding hydrogens is 245 g/mol. The number of aromatic nitrogens is 1. The molecule has 0 saturated heterocycles. The van der Waals surface area contributed by atoms with Crippen LogP contribution in [0.5, 0.6) is 0 Å². The van der Waals surface area contributed by atoms with Gasteiger partial charge in [-0.3, -0.25) is 4.79 Å². The quantitative estimate of drug-likeness (QED) is 0.897. The molecule has 0 aliphatic carbocycles. The number of nitrogens with one attached hydrogen (secondary N) is 1. The van der Waals surface area contributed by atoms with Crippen LogP contribution < -0.4 is 5.32 Å². The summed E-state index contributed by atoms with van der Waals surface area (Å²) in [4.78, 5) is 15.9. The van der Waals surface area contributed by atoms with Crippen LogP contribution in [0.15, 0.2) is 36.5 Å². The highest BCUT2D eigenvalue weighted by Gasteiger charge is 2.10. The Balaban J connectivity index is 2.21. The maximum atomic E-state index is 13.1. The summed E-state index contributed by atoms with van der Waals surface area (Å²) in [6, 6.07) is 9.00. The molecule has 0 aliphatic heterocycles. The van der Waals surface area contributed by atoms with Gasteiger partial charge in [-0.1, -0.05) is 6.07 Å². The van der Waals surface area contributed by atoms with Crippen LogP contribution in [0.4, 0.5) is 10.2 Å². The maximum absolute atomic E-state index is 13.1. The smallest absolute Gasteiger partial charge is 0.257 e. The van der Waals surface area contributed by atoms with Gasteiger partial charge in [0.15, 0.2) is 0 Å². The van der Waals surface area contributed by atoms with Gasteiger partial charge in [-0.2, -0.15) is 5.26 Å². The van der Waals surface area contributed by atoms with Crippen LogP contribution in [0.25, 0.3) is 0 Å². The molecule has 0 atom stereocenters. The first-order valence-corrected chi connectivity index (χ1v) is 5.54. The number of carbonyl (C=O) groups is 1. The van der Waals surface area contributed by atoms with E-state index in [9.17, 15) is 9.18 Å². The summed E-state index contributed by atoms with van der Waals surface area (Å²) >= 11 is 0. The Bertz CT molecular complexity index is 659. The number of carbonyl (C=O) groups excluding carboxylic acids is 1. The fraction of sp³-hybridized carbons (Fsp3) is 0.0714. The number of benzene rings is 1. The van der Waals surface area contributed by atoms with Gasteiger partial charge in [-0.15, -0.1) is 0 Å². The van der Waals surface area contributed by atoms with Crippen molar-refractivity contribution in [3.05, 3.63) is 59.0 Å². The first-order chi connectivity index (χ1) is 9.10. The minimum Gasteiger partial charge on any atom is -0.307 e. The number of rotatable bonds is 2. The Hall–Kier alpha value is -2.74. The molecule has 1 N–H and O–H groups in total. The number of anilines is 1. The van der Waals surface area contributed by atoms with E-state index in [2.05, 4.69) is 10.3 Å². The summed E-state index contributed by atoms with van der Waals surface area (Å²) < 4.78 is 13.1. The minimum absolute atomic E-state index is 0.256. The molecule has 0 spiro atoms. The van der Waals surface area contributed by atoms with E-state index in [1.807, 2.05) is 6.07 Å². The zero-order chi connectivity index (χ0) is 13.8. The Labute approximate surface area is 109 Å². The molecule has 1 aromatic heterocycles. The molecule has 4 nitrogen and oxygen atoms in total. The van der Waals surface area contributed by atoms with E-state index in [0.717, 1.165) is 0 Å². The van der Waals surface area contributed by atoms with Crippen molar-refractivity contribution in [1.29, 1.82) is 5.26 Å². The van der Waals surface area contributed by atoms with E-state index in [1.165, 1.54) is 30.5 Å². The van der Waals surface area contributed by atoms with Crippen molar-refractivity contribution in [1.82, 2.24) is 4.98 Å². The number of pyridine rings is 1. The molecule has 1 aromatic carbocycles. The number of hydrogen-bond acceptors (Lipinski definition) is 3. The van der Waals surface area contributed by atoms with Crippen molar-refractivity contribution < 1.29 is 9.18 Å². The van der Waals surface area contributed by atoms with E-state index >= 15 is 0 Å². The van der Waals surface area contributed by atoms with E-state index < -0.39 is 11.7 Å². The largest absolute Gasteiger partial charge is 0.307 e. The van der Waals surface area contributed by atoms with Crippen LogP contribution in [-0.4, -0.2) is 10.9 Å². The van der Waals surface area contributed by atoms with Gasteiger partial charge in [0, 0.05) is 11.8 Å².